The van der Waals surface area contributed by atoms with Crippen LogP contribution in [0, 0.1) is 5.92 Å². The molecule has 6 nitrogen and oxygen atoms in total. The normalized spacial score (nSPS) is 15.8. The third-order valence-corrected chi connectivity index (χ3v) is 3.79. The summed E-state index contributed by atoms with van der Waals surface area (Å²) in [5.41, 5.74) is 12.8. The fourth-order valence-corrected chi connectivity index (χ4v) is 2.39. The SMILES string of the molecule is CC(CN)C(=O)Nc1cc(C(N)=O)ccc1N1CCCC1. The number of benzene rings is 1. The lowest BCUT2D eigenvalue weighted by molar-refractivity contribution is -0.119. The molecule has 0 aliphatic carbocycles. The van der Waals surface area contributed by atoms with Gasteiger partial charge in [0.05, 0.1) is 11.4 Å². The molecule has 1 saturated heterocycles. The van der Waals surface area contributed by atoms with Crippen LogP contribution in [0.4, 0.5) is 11.4 Å². The molecule has 0 radical (unpaired) electrons. The van der Waals surface area contributed by atoms with Crippen LogP contribution in [-0.4, -0.2) is 31.4 Å². The summed E-state index contributed by atoms with van der Waals surface area (Å²) in [6.07, 6.45) is 2.26. The van der Waals surface area contributed by atoms with Gasteiger partial charge in [-0.2, -0.15) is 0 Å². The summed E-state index contributed by atoms with van der Waals surface area (Å²) in [6.45, 7) is 3.94. The van der Waals surface area contributed by atoms with Crippen molar-refractivity contribution in [1.82, 2.24) is 0 Å². The van der Waals surface area contributed by atoms with E-state index >= 15 is 0 Å². The van der Waals surface area contributed by atoms with Crippen molar-refractivity contribution >= 4 is 23.2 Å². The Bertz CT molecular complexity index is 538. The van der Waals surface area contributed by atoms with Crippen molar-refractivity contribution in [1.29, 1.82) is 0 Å². The van der Waals surface area contributed by atoms with Crippen LogP contribution in [0.5, 0.6) is 0 Å². The van der Waals surface area contributed by atoms with Crippen molar-refractivity contribution in [2.45, 2.75) is 19.8 Å². The Morgan fingerprint density at radius 1 is 1.33 bits per heavy atom. The van der Waals surface area contributed by atoms with E-state index in [9.17, 15) is 9.59 Å². The molecule has 5 N–H and O–H groups in total. The lowest BCUT2D eigenvalue weighted by atomic mass is 10.1. The molecule has 1 unspecified atom stereocenters. The fraction of sp³-hybridized carbons (Fsp3) is 0.467. The van der Waals surface area contributed by atoms with E-state index in [1.165, 1.54) is 0 Å². The lowest BCUT2D eigenvalue weighted by Crippen LogP contribution is -2.28. The standard InChI is InChI=1S/C15H22N4O2/c1-10(9-16)15(21)18-12-8-11(14(17)20)4-5-13(12)19-6-2-3-7-19/h4-5,8,10H,2-3,6-7,9,16H2,1H3,(H2,17,20)(H,18,21). The van der Waals surface area contributed by atoms with Gasteiger partial charge < -0.3 is 21.7 Å². The van der Waals surface area contributed by atoms with E-state index < -0.39 is 5.91 Å². The van der Waals surface area contributed by atoms with Crippen molar-refractivity contribution in [3.63, 3.8) is 0 Å². The van der Waals surface area contributed by atoms with Gasteiger partial charge in [0.15, 0.2) is 0 Å². The maximum Gasteiger partial charge on any atom is 0.248 e. The summed E-state index contributed by atoms with van der Waals surface area (Å²) in [5, 5.41) is 2.86. The highest BCUT2D eigenvalue weighted by molar-refractivity contribution is 6.00. The Hall–Kier alpha value is -2.08. The van der Waals surface area contributed by atoms with Crippen molar-refractivity contribution < 1.29 is 9.59 Å². The van der Waals surface area contributed by atoms with Crippen molar-refractivity contribution in [2.24, 2.45) is 17.4 Å². The highest BCUT2D eigenvalue weighted by Crippen LogP contribution is 2.30. The Balaban J connectivity index is 2.31. The summed E-state index contributed by atoms with van der Waals surface area (Å²) >= 11 is 0. The van der Waals surface area contributed by atoms with Gasteiger partial charge in [-0.3, -0.25) is 9.59 Å². The summed E-state index contributed by atoms with van der Waals surface area (Å²) in [6, 6.07) is 5.17. The number of nitrogens with zero attached hydrogens (tertiary/aromatic N) is 1. The molecular formula is C15H22N4O2. The van der Waals surface area contributed by atoms with E-state index in [0.717, 1.165) is 31.6 Å². The van der Waals surface area contributed by atoms with E-state index in [0.29, 0.717) is 11.3 Å². The van der Waals surface area contributed by atoms with Crippen LogP contribution in [0.3, 0.4) is 0 Å². The number of carbonyl (C=O) groups is 2. The number of rotatable bonds is 5. The Morgan fingerprint density at radius 3 is 2.57 bits per heavy atom. The van der Waals surface area contributed by atoms with E-state index in [-0.39, 0.29) is 18.4 Å². The van der Waals surface area contributed by atoms with Gasteiger partial charge in [-0.25, -0.2) is 0 Å². The molecule has 0 spiro atoms. The van der Waals surface area contributed by atoms with Gasteiger partial charge in [0.2, 0.25) is 11.8 Å². The minimum absolute atomic E-state index is 0.153. The van der Waals surface area contributed by atoms with Gasteiger partial charge in [0.25, 0.3) is 0 Å². The molecule has 2 amide bonds. The summed E-state index contributed by atoms with van der Waals surface area (Å²) in [5.74, 6) is -0.946. The average molecular weight is 290 g/mol. The van der Waals surface area contributed by atoms with Gasteiger partial charge in [-0.1, -0.05) is 6.92 Å². The molecule has 1 aromatic carbocycles. The minimum Gasteiger partial charge on any atom is -0.370 e. The number of hydrogen-bond donors (Lipinski definition) is 3. The molecule has 0 saturated carbocycles. The zero-order valence-electron chi connectivity index (χ0n) is 12.3. The highest BCUT2D eigenvalue weighted by Gasteiger charge is 2.19. The maximum absolute atomic E-state index is 12.1. The second-order valence-corrected chi connectivity index (χ2v) is 5.42. The van der Waals surface area contributed by atoms with E-state index in [4.69, 9.17) is 11.5 Å². The molecule has 6 heteroatoms. The Kier molecular flexibility index (Phi) is 4.80. The zero-order valence-corrected chi connectivity index (χ0v) is 12.3. The molecule has 1 aliphatic heterocycles. The first kappa shape index (κ1) is 15.3. The van der Waals surface area contributed by atoms with Crippen molar-refractivity contribution in [3.8, 4) is 0 Å². The molecule has 1 fully saturated rings. The molecule has 2 rings (SSSR count). The lowest BCUT2D eigenvalue weighted by Gasteiger charge is -2.23. The highest BCUT2D eigenvalue weighted by atomic mass is 16.2. The van der Waals surface area contributed by atoms with Gasteiger partial charge in [-0.15, -0.1) is 0 Å². The second kappa shape index (κ2) is 6.58. The number of carbonyl (C=O) groups excluding carboxylic acids is 2. The Morgan fingerprint density at radius 2 is 2.00 bits per heavy atom. The molecule has 1 atom stereocenters. The number of nitrogens with two attached hydrogens (primary N) is 2. The largest absolute Gasteiger partial charge is 0.370 e. The van der Waals surface area contributed by atoms with Gasteiger partial charge in [-0.05, 0) is 31.0 Å². The van der Waals surface area contributed by atoms with E-state index in [1.807, 2.05) is 6.07 Å². The number of hydrogen-bond acceptors (Lipinski definition) is 4. The molecule has 0 bridgehead atoms. The molecule has 1 heterocycles. The van der Waals surface area contributed by atoms with E-state index in [2.05, 4.69) is 10.2 Å². The Labute approximate surface area is 124 Å². The summed E-state index contributed by atoms with van der Waals surface area (Å²) < 4.78 is 0. The quantitative estimate of drug-likeness (QED) is 0.750. The van der Waals surface area contributed by atoms with Crippen LogP contribution in [0.2, 0.25) is 0 Å². The van der Waals surface area contributed by atoms with Crippen molar-refractivity contribution in [2.75, 3.05) is 29.9 Å². The summed E-state index contributed by atoms with van der Waals surface area (Å²) in [4.78, 5) is 25.6. The molecular weight excluding hydrogens is 268 g/mol. The smallest absolute Gasteiger partial charge is 0.248 e. The molecule has 21 heavy (non-hydrogen) atoms. The number of amides is 2. The van der Waals surface area contributed by atoms with Crippen LogP contribution in [0.25, 0.3) is 0 Å². The molecule has 1 aromatic rings. The predicted octanol–water partition coefficient (Wildman–Crippen LogP) is 0.919. The topological polar surface area (TPSA) is 101 Å². The van der Waals surface area contributed by atoms with E-state index in [1.54, 1.807) is 19.1 Å². The molecule has 1 aliphatic rings. The zero-order chi connectivity index (χ0) is 15.4. The first-order chi connectivity index (χ1) is 10.0. The third-order valence-electron chi connectivity index (χ3n) is 3.79. The second-order valence-electron chi connectivity index (χ2n) is 5.42. The summed E-state index contributed by atoms with van der Waals surface area (Å²) in [7, 11) is 0. The van der Waals surface area contributed by atoms with Crippen molar-refractivity contribution in [3.05, 3.63) is 23.8 Å². The first-order valence-electron chi connectivity index (χ1n) is 7.22. The van der Waals surface area contributed by atoms with Gasteiger partial charge in [0, 0.05) is 31.1 Å². The number of anilines is 2. The number of primary amides is 1. The van der Waals surface area contributed by atoms with Crippen LogP contribution in [-0.2, 0) is 4.79 Å². The van der Waals surface area contributed by atoms with Gasteiger partial charge in [0.1, 0.15) is 0 Å². The minimum atomic E-state index is -0.509. The van der Waals surface area contributed by atoms with Crippen LogP contribution in [0.15, 0.2) is 18.2 Å². The molecule has 0 aromatic heterocycles. The predicted molar refractivity (Wildman–Crippen MR) is 83.3 cm³/mol. The average Bonchev–Trinajstić information content (AvgIpc) is 3.00. The third kappa shape index (κ3) is 3.52. The van der Waals surface area contributed by atoms with Gasteiger partial charge >= 0.3 is 0 Å². The number of nitrogens with one attached hydrogen (secondary N) is 1. The maximum atomic E-state index is 12.1. The monoisotopic (exact) mass is 290 g/mol. The van der Waals surface area contributed by atoms with Crippen LogP contribution >= 0.6 is 0 Å². The fourth-order valence-electron chi connectivity index (χ4n) is 2.39. The molecule has 114 valence electrons. The van der Waals surface area contributed by atoms with Crippen LogP contribution < -0.4 is 21.7 Å². The first-order valence-corrected chi connectivity index (χ1v) is 7.22. The van der Waals surface area contributed by atoms with Crippen LogP contribution in [0.1, 0.15) is 30.1 Å².